The van der Waals surface area contributed by atoms with Gasteiger partial charge in [-0.1, -0.05) is 13.3 Å². The Morgan fingerprint density at radius 2 is 1.82 bits per heavy atom. The van der Waals surface area contributed by atoms with E-state index < -0.39 is 0 Å². The first-order valence-corrected chi connectivity index (χ1v) is 5.97. The molecule has 0 fully saturated rings. The number of hydrogen-bond acceptors (Lipinski definition) is 3. The van der Waals surface area contributed by atoms with E-state index in [9.17, 15) is 4.79 Å². The molecular formula is C14H20O3. The zero-order valence-corrected chi connectivity index (χ0v) is 11.0. The van der Waals surface area contributed by atoms with E-state index in [4.69, 9.17) is 9.47 Å². The van der Waals surface area contributed by atoms with E-state index >= 15 is 0 Å². The summed E-state index contributed by atoms with van der Waals surface area (Å²) < 4.78 is 10.8. The third-order valence-electron chi connectivity index (χ3n) is 2.44. The molecule has 0 bridgehead atoms. The first kappa shape index (κ1) is 13.6. The van der Waals surface area contributed by atoms with Gasteiger partial charge in [0, 0.05) is 6.92 Å². The van der Waals surface area contributed by atoms with E-state index in [1.807, 2.05) is 26.0 Å². The molecule has 0 atom stereocenters. The third kappa shape index (κ3) is 4.10. The number of unbranched alkanes of at least 4 members (excludes halogenated alkanes) is 1. The summed E-state index contributed by atoms with van der Waals surface area (Å²) in [7, 11) is 0. The molecule has 0 aliphatic heterocycles. The van der Waals surface area contributed by atoms with Crippen LogP contribution in [-0.4, -0.2) is 12.6 Å². The third-order valence-corrected chi connectivity index (χ3v) is 2.44. The maximum absolute atomic E-state index is 10.9. The van der Waals surface area contributed by atoms with Crippen molar-refractivity contribution in [2.45, 2.75) is 40.5 Å². The van der Waals surface area contributed by atoms with Gasteiger partial charge >= 0.3 is 5.97 Å². The maximum atomic E-state index is 10.9. The first-order valence-electron chi connectivity index (χ1n) is 5.97. The van der Waals surface area contributed by atoms with Gasteiger partial charge in [-0.2, -0.15) is 0 Å². The van der Waals surface area contributed by atoms with Crippen LogP contribution in [0.3, 0.4) is 0 Å². The molecule has 0 N–H and O–H groups in total. The predicted molar refractivity (Wildman–Crippen MR) is 67.6 cm³/mol. The lowest BCUT2D eigenvalue weighted by Gasteiger charge is -2.13. The zero-order valence-electron chi connectivity index (χ0n) is 11.0. The van der Waals surface area contributed by atoms with E-state index in [1.54, 1.807) is 0 Å². The Balaban J connectivity index is 2.82. The van der Waals surface area contributed by atoms with Crippen LogP contribution in [0.4, 0.5) is 0 Å². The summed E-state index contributed by atoms with van der Waals surface area (Å²) in [5.74, 6) is 1.17. The van der Waals surface area contributed by atoms with Crippen LogP contribution in [0.15, 0.2) is 12.1 Å². The van der Waals surface area contributed by atoms with E-state index in [-0.39, 0.29) is 5.97 Å². The van der Waals surface area contributed by atoms with Crippen molar-refractivity contribution >= 4 is 5.97 Å². The molecule has 0 amide bonds. The Hall–Kier alpha value is -1.51. The topological polar surface area (TPSA) is 35.5 Å². The number of hydrogen-bond donors (Lipinski definition) is 0. The number of ether oxygens (including phenoxy) is 2. The Kier molecular flexibility index (Phi) is 5.01. The van der Waals surface area contributed by atoms with Crippen molar-refractivity contribution in [3.05, 3.63) is 23.3 Å². The number of carbonyl (C=O) groups is 1. The quantitative estimate of drug-likeness (QED) is 0.446. The molecule has 0 spiro atoms. The van der Waals surface area contributed by atoms with E-state index in [0.717, 1.165) is 36.3 Å². The molecular weight excluding hydrogens is 216 g/mol. The SMILES string of the molecule is CCCCOc1c(C)cc(OC(C)=O)cc1C. The molecule has 1 aromatic rings. The Bertz CT molecular complexity index is 373. The van der Waals surface area contributed by atoms with Gasteiger partial charge in [0.2, 0.25) is 0 Å². The van der Waals surface area contributed by atoms with Gasteiger partial charge in [0.05, 0.1) is 6.61 Å². The highest BCUT2D eigenvalue weighted by Gasteiger charge is 2.08. The average molecular weight is 236 g/mol. The van der Waals surface area contributed by atoms with Gasteiger partial charge in [-0.25, -0.2) is 0 Å². The van der Waals surface area contributed by atoms with Gasteiger partial charge in [0.25, 0.3) is 0 Å². The number of esters is 1. The van der Waals surface area contributed by atoms with Gasteiger partial charge in [-0.15, -0.1) is 0 Å². The molecule has 0 aromatic heterocycles. The Morgan fingerprint density at radius 1 is 1.24 bits per heavy atom. The fourth-order valence-corrected chi connectivity index (χ4v) is 1.68. The van der Waals surface area contributed by atoms with Gasteiger partial charge in [0.1, 0.15) is 11.5 Å². The standard InChI is InChI=1S/C14H20O3/c1-5-6-7-16-14-10(2)8-13(9-11(14)3)17-12(4)15/h8-9H,5-7H2,1-4H3. The second-order valence-corrected chi connectivity index (χ2v) is 4.18. The first-order chi connectivity index (χ1) is 8.04. The summed E-state index contributed by atoms with van der Waals surface area (Å²) in [6, 6.07) is 3.66. The van der Waals surface area contributed by atoms with Crippen LogP contribution in [0, 0.1) is 13.8 Å². The number of benzene rings is 1. The van der Waals surface area contributed by atoms with Crippen molar-refractivity contribution in [1.82, 2.24) is 0 Å². The highest BCUT2D eigenvalue weighted by atomic mass is 16.5. The predicted octanol–water partition coefficient (Wildman–Crippen LogP) is 3.41. The molecule has 0 saturated carbocycles. The molecule has 0 aliphatic rings. The monoisotopic (exact) mass is 236 g/mol. The number of carbonyl (C=O) groups excluding carboxylic acids is 1. The van der Waals surface area contributed by atoms with E-state index in [1.165, 1.54) is 6.92 Å². The van der Waals surface area contributed by atoms with Crippen molar-refractivity contribution < 1.29 is 14.3 Å². The lowest BCUT2D eigenvalue weighted by atomic mass is 10.1. The van der Waals surface area contributed by atoms with Gasteiger partial charge in [-0.3, -0.25) is 4.79 Å². The molecule has 3 nitrogen and oxygen atoms in total. The fraction of sp³-hybridized carbons (Fsp3) is 0.500. The molecule has 17 heavy (non-hydrogen) atoms. The minimum absolute atomic E-state index is 0.302. The summed E-state index contributed by atoms with van der Waals surface area (Å²) in [5, 5.41) is 0. The Labute approximate surface area is 103 Å². The van der Waals surface area contributed by atoms with Crippen LogP contribution in [0.1, 0.15) is 37.8 Å². The van der Waals surface area contributed by atoms with Crippen LogP contribution in [-0.2, 0) is 4.79 Å². The van der Waals surface area contributed by atoms with E-state index in [2.05, 4.69) is 6.92 Å². The summed E-state index contributed by atoms with van der Waals surface area (Å²) in [6.07, 6.45) is 2.16. The Morgan fingerprint density at radius 3 is 2.29 bits per heavy atom. The molecule has 0 unspecified atom stereocenters. The van der Waals surface area contributed by atoms with E-state index in [0.29, 0.717) is 5.75 Å². The second-order valence-electron chi connectivity index (χ2n) is 4.18. The summed E-state index contributed by atoms with van der Waals surface area (Å²) in [6.45, 7) is 8.18. The number of aryl methyl sites for hydroxylation is 2. The van der Waals surface area contributed by atoms with Gasteiger partial charge in [-0.05, 0) is 43.5 Å². The molecule has 0 heterocycles. The highest BCUT2D eigenvalue weighted by molar-refractivity contribution is 5.69. The summed E-state index contributed by atoms with van der Waals surface area (Å²) >= 11 is 0. The number of rotatable bonds is 5. The van der Waals surface area contributed by atoms with Crippen LogP contribution in [0.5, 0.6) is 11.5 Å². The highest BCUT2D eigenvalue weighted by Crippen LogP contribution is 2.28. The molecule has 0 aliphatic carbocycles. The molecule has 0 radical (unpaired) electrons. The van der Waals surface area contributed by atoms with Crippen molar-refractivity contribution in [3.8, 4) is 11.5 Å². The largest absolute Gasteiger partial charge is 0.493 e. The van der Waals surface area contributed by atoms with Gasteiger partial charge in [0.15, 0.2) is 0 Å². The minimum atomic E-state index is -0.302. The van der Waals surface area contributed by atoms with Crippen molar-refractivity contribution in [2.24, 2.45) is 0 Å². The summed E-state index contributed by atoms with van der Waals surface area (Å²) in [5.41, 5.74) is 2.00. The van der Waals surface area contributed by atoms with Crippen LogP contribution >= 0.6 is 0 Å². The molecule has 94 valence electrons. The average Bonchev–Trinajstić information content (AvgIpc) is 2.21. The van der Waals surface area contributed by atoms with Crippen LogP contribution in [0.2, 0.25) is 0 Å². The minimum Gasteiger partial charge on any atom is -0.493 e. The smallest absolute Gasteiger partial charge is 0.308 e. The maximum Gasteiger partial charge on any atom is 0.308 e. The lowest BCUT2D eigenvalue weighted by Crippen LogP contribution is -2.04. The second kappa shape index (κ2) is 6.28. The molecule has 3 heteroatoms. The fourth-order valence-electron chi connectivity index (χ4n) is 1.68. The molecule has 1 rings (SSSR count). The van der Waals surface area contributed by atoms with Crippen molar-refractivity contribution in [3.63, 3.8) is 0 Å². The van der Waals surface area contributed by atoms with Crippen molar-refractivity contribution in [2.75, 3.05) is 6.61 Å². The lowest BCUT2D eigenvalue weighted by molar-refractivity contribution is -0.131. The molecule has 1 aromatic carbocycles. The van der Waals surface area contributed by atoms with Crippen LogP contribution in [0.25, 0.3) is 0 Å². The van der Waals surface area contributed by atoms with Crippen LogP contribution < -0.4 is 9.47 Å². The normalized spacial score (nSPS) is 10.1. The van der Waals surface area contributed by atoms with Crippen molar-refractivity contribution in [1.29, 1.82) is 0 Å². The zero-order chi connectivity index (χ0) is 12.8. The molecule has 0 saturated heterocycles. The van der Waals surface area contributed by atoms with Gasteiger partial charge < -0.3 is 9.47 Å². The summed E-state index contributed by atoms with van der Waals surface area (Å²) in [4.78, 5) is 10.9.